The molecule has 1 rings (SSSR count). The van der Waals surface area contributed by atoms with Crippen molar-refractivity contribution in [2.24, 2.45) is 0 Å². The first-order valence-corrected chi connectivity index (χ1v) is 6.38. The summed E-state index contributed by atoms with van der Waals surface area (Å²) in [4.78, 5) is 0. The van der Waals surface area contributed by atoms with E-state index in [4.69, 9.17) is 0 Å². The fourth-order valence-corrected chi connectivity index (χ4v) is 2.74. The second-order valence-electron chi connectivity index (χ2n) is 3.82. The van der Waals surface area contributed by atoms with E-state index >= 15 is 0 Å². The van der Waals surface area contributed by atoms with Crippen LogP contribution in [-0.2, 0) is 10.0 Å². The zero-order valence-electron chi connectivity index (χ0n) is 8.21. The molecule has 0 aliphatic carbocycles. The number of hydrogen-bond donors (Lipinski definition) is 2. The van der Waals surface area contributed by atoms with Crippen molar-refractivity contribution in [1.29, 1.82) is 0 Å². The van der Waals surface area contributed by atoms with Crippen LogP contribution in [0.2, 0.25) is 0 Å². The standard InChI is InChI=1S/C8H18N2O2S/c1-7(2)10-13(11,12)6-4-8-3-5-9-8/h7-10H,3-6H2,1-2H3. The Morgan fingerprint density at radius 1 is 1.54 bits per heavy atom. The van der Waals surface area contributed by atoms with Crippen LogP contribution < -0.4 is 10.0 Å². The fraction of sp³-hybridized carbons (Fsp3) is 1.00. The van der Waals surface area contributed by atoms with E-state index in [-0.39, 0.29) is 11.8 Å². The Balaban J connectivity index is 2.25. The van der Waals surface area contributed by atoms with Gasteiger partial charge in [-0.3, -0.25) is 0 Å². The summed E-state index contributed by atoms with van der Waals surface area (Å²) in [5.41, 5.74) is 0. The summed E-state index contributed by atoms with van der Waals surface area (Å²) < 4.78 is 25.3. The van der Waals surface area contributed by atoms with Crippen LogP contribution in [0.25, 0.3) is 0 Å². The van der Waals surface area contributed by atoms with Crippen molar-refractivity contribution in [3.63, 3.8) is 0 Å². The van der Waals surface area contributed by atoms with E-state index in [0.717, 1.165) is 19.4 Å². The lowest BCUT2D eigenvalue weighted by Gasteiger charge is -2.27. The van der Waals surface area contributed by atoms with Crippen molar-refractivity contribution >= 4 is 10.0 Å². The first-order chi connectivity index (χ1) is 5.99. The molecule has 1 heterocycles. The van der Waals surface area contributed by atoms with Crippen LogP contribution in [0.4, 0.5) is 0 Å². The van der Waals surface area contributed by atoms with E-state index in [0.29, 0.717) is 6.04 Å². The van der Waals surface area contributed by atoms with Crippen LogP contribution in [0.3, 0.4) is 0 Å². The Bertz CT molecular complexity index is 245. The number of hydrogen-bond acceptors (Lipinski definition) is 3. The first-order valence-electron chi connectivity index (χ1n) is 4.73. The molecule has 1 aliphatic rings. The Labute approximate surface area is 80.1 Å². The quantitative estimate of drug-likeness (QED) is 0.669. The van der Waals surface area contributed by atoms with Gasteiger partial charge in [-0.15, -0.1) is 0 Å². The van der Waals surface area contributed by atoms with E-state index in [9.17, 15) is 8.42 Å². The van der Waals surface area contributed by atoms with Crippen LogP contribution in [0.1, 0.15) is 26.7 Å². The molecule has 1 unspecified atom stereocenters. The number of sulfonamides is 1. The van der Waals surface area contributed by atoms with Crippen molar-refractivity contribution in [1.82, 2.24) is 10.0 Å². The van der Waals surface area contributed by atoms with Gasteiger partial charge in [-0.25, -0.2) is 13.1 Å². The van der Waals surface area contributed by atoms with Crippen LogP contribution in [0, 0.1) is 0 Å². The monoisotopic (exact) mass is 206 g/mol. The summed E-state index contributed by atoms with van der Waals surface area (Å²) in [5.74, 6) is 0.239. The number of nitrogens with one attached hydrogen (secondary N) is 2. The smallest absolute Gasteiger partial charge is 0.211 e. The molecule has 0 bridgehead atoms. The van der Waals surface area contributed by atoms with Gasteiger partial charge in [0, 0.05) is 12.1 Å². The predicted octanol–water partition coefficient (Wildman–Crippen LogP) is 0.0662. The van der Waals surface area contributed by atoms with Crippen molar-refractivity contribution in [3.05, 3.63) is 0 Å². The zero-order chi connectivity index (χ0) is 9.90. The Hall–Kier alpha value is -0.130. The molecule has 5 heteroatoms. The summed E-state index contributed by atoms with van der Waals surface area (Å²) >= 11 is 0. The molecule has 0 aromatic heterocycles. The average Bonchev–Trinajstić information content (AvgIpc) is 1.79. The minimum atomic E-state index is -3.04. The van der Waals surface area contributed by atoms with Gasteiger partial charge in [0.1, 0.15) is 0 Å². The highest BCUT2D eigenvalue weighted by Gasteiger charge is 2.20. The minimum Gasteiger partial charge on any atom is -0.314 e. The third kappa shape index (κ3) is 4.06. The van der Waals surface area contributed by atoms with Crippen LogP contribution >= 0.6 is 0 Å². The van der Waals surface area contributed by atoms with Crippen molar-refractivity contribution < 1.29 is 8.42 Å². The number of rotatable bonds is 5. The highest BCUT2D eigenvalue weighted by molar-refractivity contribution is 7.89. The molecule has 2 N–H and O–H groups in total. The maximum absolute atomic E-state index is 11.3. The summed E-state index contributed by atoms with van der Waals surface area (Å²) in [7, 11) is -3.04. The molecule has 0 radical (unpaired) electrons. The Morgan fingerprint density at radius 3 is 2.54 bits per heavy atom. The maximum Gasteiger partial charge on any atom is 0.211 e. The van der Waals surface area contributed by atoms with Gasteiger partial charge in [0.15, 0.2) is 0 Å². The molecule has 4 nitrogen and oxygen atoms in total. The molecule has 78 valence electrons. The van der Waals surface area contributed by atoms with Crippen molar-refractivity contribution in [2.45, 2.75) is 38.8 Å². The van der Waals surface area contributed by atoms with Gasteiger partial charge in [0.05, 0.1) is 5.75 Å². The highest BCUT2D eigenvalue weighted by Crippen LogP contribution is 2.07. The van der Waals surface area contributed by atoms with Gasteiger partial charge >= 0.3 is 0 Å². The highest BCUT2D eigenvalue weighted by atomic mass is 32.2. The van der Waals surface area contributed by atoms with Gasteiger partial charge in [0.25, 0.3) is 0 Å². The minimum absolute atomic E-state index is 0.000602. The molecule has 1 saturated heterocycles. The van der Waals surface area contributed by atoms with Crippen molar-refractivity contribution in [2.75, 3.05) is 12.3 Å². The van der Waals surface area contributed by atoms with E-state index in [2.05, 4.69) is 10.0 Å². The van der Waals surface area contributed by atoms with E-state index in [1.807, 2.05) is 13.8 Å². The van der Waals surface area contributed by atoms with Crippen LogP contribution in [0.5, 0.6) is 0 Å². The third-order valence-corrected chi connectivity index (χ3v) is 3.68. The lowest BCUT2D eigenvalue weighted by molar-refractivity contribution is 0.361. The third-order valence-electron chi connectivity index (χ3n) is 2.08. The lowest BCUT2D eigenvalue weighted by Crippen LogP contribution is -2.44. The second kappa shape index (κ2) is 4.39. The molecule has 0 saturated carbocycles. The van der Waals surface area contributed by atoms with E-state index < -0.39 is 10.0 Å². The molecule has 13 heavy (non-hydrogen) atoms. The zero-order valence-corrected chi connectivity index (χ0v) is 9.02. The van der Waals surface area contributed by atoms with E-state index in [1.165, 1.54) is 0 Å². The van der Waals surface area contributed by atoms with Gasteiger partial charge in [0.2, 0.25) is 10.0 Å². The van der Waals surface area contributed by atoms with Crippen LogP contribution in [0.15, 0.2) is 0 Å². The predicted molar refractivity (Wildman–Crippen MR) is 53.1 cm³/mol. The fourth-order valence-electron chi connectivity index (χ4n) is 1.31. The van der Waals surface area contributed by atoms with Gasteiger partial charge in [-0.2, -0.15) is 0 Å². The first kappa shape index (κ1) is 10.9. The molecule has 0 aromatic rings. The maximum atomic E-state index is 11.3. The normalized spacial score (nSPS) is 23.2. The molecule has 1 aliphatic heterocycles. The second-order valence-corrected chi connectivity index (χ2v) is 5.69. The Kier molecular flexibility index (Phi) is 3.70. The van der Waals surface area contributed by atoms with Crippen LogP contribution in [-0.4, -0.2) is 32.8 Å². The molecule has 0 spiro atoms. The summed E-state index contributed by atoms with van der Waals surface area (Å²) in [6, 6.07) is 0.420. The molecular weight excluding hydrogens is 188 g/mol. The topological polar surface area (TPSA) is 58.2 Å². The molecule has 0 amide bonds. The SMILES string of the molecule is CC(C)NS(=O)(=O)CCC1CCN1. The molecule has 1 atom stereocenters. The lowest BCUT2D eigenvalue weighted by atomic mass is 10.1. The van der Waals surface area contributed by atoms with E-state index in [1.54, 1.807) is 0 Å². The summed E-state index contributed by atoms with van der Waals surface area (Å²) in [6.07, 6.45) is 1.83. The average molecular weight is 206 g/mol. The van der Waals surface area contributed by atoms with Gasteiger partial charge in [-0.1, -0.05) is 0 Å². The Morgan fingerprint density at radius 2 is 2.15 bits per heavy atom. The molecular formula is C8H18N2O2S. The summed E-state index contributed by atoms with van der Waals surface area (Å²) in [6.45, 7) is 4.70. The molecule has 0 aromatic carbocycles. The van der Waals surface area contributed by atoms with Gasteiger partial charge < -0.3 is 5.32 Å². The van der Waals surface area contributed by atoms with Crippen molar-refractivity contribution in [3.8, 4) is 0 Å². The summed E-state index contributed by atoms with van der Waals surface area (Å²) in [5, 5.41) is 3.18. The van der Waals surface area contributed by atoms with Gasteiger partial charge in [-0.05, 0) is 33.2 Å². The molecule has 1 fully saturated rings. The largest absolute Gasteiger partial charge is 0.314 e.